The molecule has 0 heterocycles. The van der Waals surface area contributed by atoms with Crippen LogP contribution in [0, 0.1) is 0 Å². The molecule has 0 aromatic heterocycles. The molecule has 0 aliphatic carbocycles. The predicted molar refractivity (Wildman–Crippen MR) is 81.5 cm³/mol. The maximum absolute atomic E-state index is 5.22. The fraction of sp³-hybridized carbons (Fsp3) is 0.294. The molecule has 0 saturated heterocycles. The van der Waals surface area contributed by atoms with Gasteiger partial charge in [0.15, 0.2) is 0 Å². The maximum Gasteiger partial charge on any atom is 0.118 e. The third-order valence-corrected chi connectivity index (χ3v) is 3.38. The van der Waals surface area contributed by atoms with Crippen LogP contribution in [0.25, 0.3) is 0 Å². The molecule has 3 heteroatoms. The Hall–Kier alpha value is -2.00. The lowest BCUT2D eigenvalue weighted by Gasteiger charge is -2.25. The molecule has 0 atom stereocenters. The normalized spacial score (nSPS) is 10.9. The monoisotopic (exact) mass is 271 g/mol. The van der Waals surface area contributed by atoms with Crippen molar-refractivity contribution in [2.45, 2.75) is 6.04 Å². The van der Waals surface area contributed by atoms with Gasteiger partial charge in [0.25, 0.3) is 0 Å². The zero-order chi connectivity index (χ0) is 14.5. The van der Waals surface area contributed by atoms with Crippen LogP contribution >= 0.6 is 0 Å². The number of hydrogen-bond donors (Lipinski definition) is 0. The number of benzene rings is 2. The van der Waals surface area contributed by atoms with Crippen molar-refractivity contribution in [3.63, 3.8) is 0 Å². The van der Waals surface area contributed by atoms with Gasteiger partial charge in [0.05, 0.1) is 20.3 Å². The molecule has 20 heavy (non-hydrogen) atoms. The van der Waals surface area contributed by atoms with Gasteiger partial charge < -0.3 is 9.47 Å². The van der Waals surface area contributed by atoms with E-state index in [2.05, 4.69) is 43.3 Å². The molecule has 0 aliphatic rings. The standard InChI is InChI=1S/C17H21NO2/c1-18(2)17(13-5-9-15(19-3)10-6-13)14-7-11-16(20-4)12-8-14/h5-12,17H,1-4H3. The minimum absolute atomic E-state index is 0.215. The Kier molecular flexibility index (Phi) is 4.64. The first-order valence-electron chi connectivity index (χ1n) is 6.60. The van der Waals surface area contributed by atoms with Crippen LogP contribution in [-0.2, 0) is 0 Å². The molecular formula is C17H21NO2. The van der Waals surface area contributed by atoms with Crippen LogP contribution < -0.4 is 9.47 Å². The van der Waals surface area contributed by atoms with E-state index in [0.29, 0.717) is 0 Å². The first-order valence-corrected chi connectivity index (χ1v) is 6.60. The summed E-state index contributed by atoms with van der Waals surface area (Å²) in [6.07, 6.45) is 0. The molecule has 2 aromatic rings. The fourth-order valence-electron chi connectivity index (χ4n) is 2.36. The van der Waals surface area contributed by atoms with Gasteiger partial charge in [-0.3, -0.25) is 4.90 Å². The molecule has 0 radical (unpaired) electrons. The van der Waals surface area contributed by atoms with Gasteiger partial charge in [-0.2, -0.15) is 0 Å². The number of methoxy groups -OCH3 is 2. The second-order valence-electron chi connectivity index (χ2n) is 4.91. The lowest BCUT2D eigenvalue weighted by Crippen LogP contribution is -2.21. The van der Waals surface area contributed by atoms with Crippen LogP contribution in [0.4, 0.5) is 0 Å². The Balaban J connectivity index is 2.33. The molecule has 0 N–H and O–H groups in total. The van der Waals surface area contributed by atoms with Crippen LogP contribution in [0.2, 0.25) is 0 Å². The smallest absolute Gasteiger partial charge is 0.118 e. The van der Waals surface area contributed by atoms with E-state index >= 15 is 0 Å². The average Bonchev–Trinajstić information content (AvgIpc) is 2.48. The van der Waals surface area contributed by atoms with Crippen LogP contribution in [0.15, 0.2) is 48.5 Å². The topological polar surface area (TPSA) is 21.7 Å². The van der Waals surface area contributed by atoms with Crippen LogP contribution in [0.3, 0.4) is 0 Å². The summed E-state index contributed by atoms with van der Waals surface area (Å²) < 4.78 is 10.4. The molecule has 0 unspecified atom stereocenters. The molecule has 0 bridgehead atoms. The molecule has 106 valence electrons. The number of nitrogens with zero attached hydrogens (tertiary/aromatic N) is 1. The van der Waals surface area contributed by atoms with Gasteiger partial charge >= 0.3 is 0 Å². The zero-order valence-corrected chi connectivity index (χ0v) is 12.5. The SMILES string of the molecule is COc1ccc(C(c2ccc(OC)cc2)N(C)C)cc1. The Bertz CT molecular complexity index is 484. The molecule has 2 rings (SSSR count). The predicted octanol–water partition coefficient (Wildman–Crippen LogP) is 3.35. The Labute approximate surface area is 120 Å². The highest BCUT2D eigenvalue weighted by Crippen LogP contribution is 2.29. The molecule has 0 amide bonds. The summed E-state index contributed by atoms with van der Waals surface area (Å²) in [5.41, 5.74) is 2.47. The summed E-state index contributed by atoms with van der Waals surface area (Å²) in [5.74, 6) is 1.75. The lowest BCUT2D eigenvalue weighted by atomic mass is 9.97. The van der Waals surface area contributed by atoms with Crippen LogP contribution in [-0.4, -0.2) is 33.2 Å². The van der Waals surface area contributed by atoms with Gasteiger partial charge in [0, 0.05) is 0 Å². The zero-order valence-electron chi connectivity index (χ0n) is 12.5. The van der Waals surface area contributed by atoms with E-state index in [1.54, 1.807) is 14.2 Å². The molecule has 0 saturated carbocycles. The van der Waals surface area contributed by atoms with E-state index in [4.69, 9.17) is 9.47 Å². The number of ether oxygens (including phenoxy) is 2. The average molecular weight is 271 g/mol. The van der Waals surface area contributed by atoms with Crippen molar-refractivity contribution < 1.29 is 9.47 Å². The van der Waals surface area contributed by atoms with Gasteiger partial charge in [0.2, 0.25) is 0 Å². The lowest BCUT2D eigenvalue weighted by molar-refractivity contribution is 0.341. The first-order chi connectivity index (χ1) is 9.65. The second-order valence-corrected chi connectivity index (χ2v) is 4.91. The fourth-order valence-corrected chi connectivity index (χ4v) is 2.36. The quantitative estimate of drug-likeness (QED) is 0.832. The van der Waals surface area contributed by atoms with Gasteiger partial charge in [-0.15, -0.1) is 0 Å². The Morgan fingerprint density at radius 3 is 1.30 bits per heavy atom. The molecular weight excluding hydrogens is 250 g/mol. The van der Waals surface area contributed by atoms with E-state index < -0.39 is 0 Å². The third-order valence-electron chi connectivity index (χ3n) is 3.38. The van der Waals surface area contributed by atoms with Gasteiger partial charge in [0.1, 0.15) is 11.5 Å². The summed E-state index contributed by atoms with van der Waals surface area (Å²) in [7, 11) is 7.53. The Morgan fingerprint density at radius 1 is 0.700 bits per heavy atom. The van der Waals surface area contributed by atoms with E-state index in [0.717, 1.165) is 11.5 Å². The van der Waals surface area contributed by atoms with E-state index in [-0.39, 0.29) is 6.04 Å². The maximum atomic E-state index is 5.22. The van der Waals surface area contributed by atoms with E-state index in [9.17, 15) is 0 Å². The van der Waals surface area contributed by atoms with Crippen molar-refractivity contribution in [2.24, 2.45) is 0 Å². The highest BCUT2D eigenvalue weighted by atomic mass is 16.5. The number of rotatable bonds is 5. The highest BCUT2D eigenvalue weighted by molar-refractivity contribution is 5.37. The van der Waals surface area contributed by atoms with Crippen molar-refractivity contribution in [1.82, 2.24) is 4.90 Å². The van der Waals surface area contributed by atoms with Gasteiger partial charge in [-0.1, -0.05) is 24.3 Å². The van der Waals surface area contributed by atoms with Crippen LogP contribution in [0.5, 0.6) is 11.5 Å². The molecule has 3 nitrogen and oxygen atoms in total. The minimum Gasteiger partial charge on any atom is -0.497 e. The largest absolute Gasteiger partial charge is 0.497 e. The summed E-state index contributed by atoms with van der Waals surface area (Å²) >= 11 is 0. The van der Waals surface area contributed by atoms with Crippen molar-refractivity contribution in [2.75, 3.05) is 28.3 Å². The van der Waals surface area contributed by atoms with Gasteiger partial charge in [-0.25, -0.2) is 0 Å². The van der Waals surface area contributed by atoms with Crippen molar-refractivity contribution in [3.8, 4) is 11.5 Å². The minimum atomic E-state index is 0.215. The summed E-state index contributed by atoms with van der Waals surface area (Å²) in [4.78, 5) is 2.20. The van der Waals surface area contributed by atoms with Crippen molar-refractivity contribution >= 4 is 0 Å². The number of hydrogen-bond acceptors (Lipinski definition) is 3. The molecule has 0 fully saturated rings. The Morgan fingerprint density at radius 2 is 1.05 bits per heavy atom. The molecule has 0 aliphatic heterocycles. The van der Waals surface area contributed by atoms with Crippen LogP contribution in [0.1, 0.15) is 17.2 Å². The third kappa shape index (κ3) is 3.11. The second kappa shape index (κ2) is 6.44. The summed E-state index contributed by atoms with van der Waals surface area (Å²) in [5, 5.41) is 0. The van der Waals surface area contributed by atoms with Crippen molar-refractivity contribution in [1.29, 1.82) is 0 Å². The first kappa shape index (κ1) is 14.4. The molecule has 2 aromatic carbocycles. The van der Waals surface area contributed by atoms with Crippen molar-refractivity contribution in [3.05, 3.63) is 59.7 Å². The van der Waals surface area contributed by atoms with E-state index in [1.807, 2.05) is 24.3 Å². The summed E-state index contributed by atoms with van der Waals surface area (Å²) in [6.45, 7) is 0. The molecule has 0 spiro atoms. The van der Waals surface area contributed by atoms with Gasteiger partial charge in [-0.05, 0) is 49.5 Å². The van der Waals surface area contributed by atoms with E-state index in [1.165, 1.54) is 11.1 Å². The summed E-state index contributed by atoms with van der Waals surface area (Å²) in [6, 6.07) is 16.6. The highest BCUT2D eigenvalue weighted by Gasteiger charge is 2.16.